The number of nitrogens with zero attached hydrogens (tertiary/aromatic N) is 3. The number of likely N-dealkylation sites (tertiary alicyclic amines) is 1. The molecule has 0 atom stereocenters. The Bertz CT molecular complexity index is 490. The molecule has 0 spiro atoms. The summed E-state index contributed by atoms with van der Waals surface area (Å²) in [6, 6.07) is 0.522. The van der Waals surface area contributed by atoms with E-state index in [0.29, 0.717) is 6.04 Å². The topological polar surface area (TPSA) is 65.7 Å². The number of halogens is 1. The van der Waals surface area contributed by atoms with E-state index in [1.807, 2.05) is 20.9 Å². The number of rotatable bonds is 6. The van der Waals surface area contributed by atoms with Crippen molar-refractivity contribution in [3.05, 3.63) is 17.0 Å². The van der Waals surface area contributed by atoms with E-state index < -0.39 is 0 Å². The average Bonchev–Trinajstić information content (AvgIpc) is 2.87. The minimum atomic E-state index is 0. The molecule has 1 saturated heterocycles. The second-order valence-corrected chi connectivity index (χ2v) is 6.31. The van der Waals surface area contributed by atoms with E-state index >= 15 is 0 Å². The molecule has 0 unspecified atom stereocenters. The van der Waals surface area contributed by atoms with E-state index in [2.05, 4.69) is 32.6 Å². The summed E-state index contributed by atoms with van der Waals surface area (Å²) in [6.07, 6.45) is 4.51. The van der Waals surface area contributed by atoms with Gasteiger partial charge in [-0.25, -0.2) is 0 Å². The predicted octanol–water partition coefficient (Wildman–Crippen LogP) is 2.49. The quantitative estimate of drug-likeness (QED) is 0.397. The van der Waals surface area contributed by atoms with Crippen molar-refractivity contribution < 1.29 is 4.52 Å². The van der Waals surface area contributed by atoms with Gasteiger partial charge in [0.1, 0.15) is 5.76 Å². The number of hydrogen-bond acceptors (Lipinski definition) is 4. The highest BCUT2D eigenvalue weighted by molar-refractivity contribution is 14.0. The van der Waals surface area contributed by atoms with Crippen molar-refractivity contribution in [2.24, 2.45) is 4.99 Å². The van der Waals surface area contributed by atoms with Gasteiger partial charge in [0.05, 0.1) is 5.69 Å². The minimum Gasteiger partial charge on any atom is -0.361 e. The Morgan fingerprint density at radius 3 is 2.58 bits per heavy atom. The lowest BCUT2D eigenvalue weighted by molar-refractivity contribution is 0.206. The molecule has 1 fully saturated rings. The molecule has 2 N–H and O–H groups in total. The molecule has 1 aliphatic heterocycles. The van der Waals surface area contributed by atoms with Gasteiger partial charge >= 0.3 is 0 Å². The summed E-state index contributed by atoms with van der Waals surface area (Å²) in [5.41, 5.74) is 2.18. The van der Waals surface area contributed by atoms with Gasteiger partial charge in [0.15, 0.2) is 5.96 Å². The van der Waals surface area contributed by atoms with Crippen LogP contribution in [0.25, 0.3) is 0 Å². The summed E-state index contributed by atoms with van der Waals surface area (Å²) in [5, 5.41) is 10.9. The first-order valence-corrected chi connectivity index (χ1v) is 8.75. The average molecular weight is 449 g/mol. The lowest BCUT2D eigenvalue weighted by Crippen LogP contribution is -2.49. The van der Waals surface area contributed by atoms with E-state index in [9.17, 15) is 0 Å². The molecule has 1 aromatic heterocycles. The summed E-state index contributed by atoms with van der Waals surface area (Å²) in [7, 11) is 1.83. The van der Waals surface area contributed by atoms with E-state index in [-0.39, 0.29) is 24.0 Å². The Morgan fingerprint density at radius 1 is 1.33 bits per heavy atom. The van der Waals surface area contributed by atoms with Crippen LogP contribution < -0.4 is 10.6 Å². The summed E-state index contributed by atoms with van der Waals surface area (Å²) < 4.78 is 5.20. The molecule has 1 aliphatic rings. The number of aromatic nitrogens is 1. The van der Waals surface area contributed by atoms with Crippen LogP contribution in [0.4, 0.5) is 0 Å². The van der Waals surface area contributed by atoms with Crippen LogP contribution in [0.3, 0.4) is 0 Å². The molecule has 138 valence electrons. The maximum Gasteiger partial charge on any atom is 0.191 e. The van der Waals surface area contributed by atoms with Crippen LogP contribution in [0.15, 0.2) is 9.52 Å². The molecular weight excluding hydrogens is 417 g/mol. The third-order valence-corrected chi connectivity index (χ3v) is 4.54. The molecule has 0 saturated carbocycles. The normalized spacial score (nSPS) is 16.8. The van der Waals surface area contributed by atoms with Gasteiger partial charge in [-0.05, 0) is 46.1 Å². The predicted molar refractivity (Wildman–Crippen MR) is 109 cm³/mol. The van der Waals surface area contributed by atoms with Gasteiger partial charge in [0, 0.05) is 38.3 Å². The lowest BCUT2D eigenvalue weighted by atomic mass is 10.1. The Hall–Kier alpha value is -0.830. The van der Waals surface area contributed by atoms with Gasteiger partial charge in [-0.1, -0.05) is 12.1 Å². The molecule has 0 amide bonds. The number of aliphatic imine (C=N–C) groups is 1. The fourth-order valence-electron chi connectivity index (χ4n) is 3.17. The van der Waals surface area contributed by atoms with Crippen molar-refractivity contribution in [3.8, 4) is 0 Å². The first-order valence-electron chi connectivity index (χ1n) is 8.75. The van der Waals surface area contributed by atoms with Crippen molar-refractivity contribution in [1.29, 1.82) is 0 Å². The molecule has 24 heavy (non-hydrogen) atoms. The molecule has 2 heterocycles. The zero-order chi connectivity index (χ0) is 16.7. The minimum absolute atomic E-state index is 0. The SMILES string of the molecule is CCCN1CCC(NC(=NC)NCCc2c(C)noc2C)CC1.I. The zero-order valence-electron chi connectivity index (χ0n) is 15.4. The highest BCUT2D eigenvalue weighted by Gasteiger charge is 2.19. The van der Waals surface area contributed by atoms with Gasteiger partial charge < -0.3 is 20.1 Å². The third-order valence-electron chi connectivity index (χ3n) is 4.54. The van der Waals surface area contributed by atoms with Crippen LogP contribution in [0.5, 0.6) is 0 Å². The van der Waals surface area contributed by atoms with Crippen molar-refractivity contribution in [2.75, 3.05) is 33.2 Å². The molecular formula is C17H32IN5O. The Kier molecular flexibility index (Phi) is 9.65. The fourth-order valence-corrected chi connectivity index (χ4v) is 3.17. The number of hydrogen-bond donors (Lipinski definition) is 2. The van der Waals surface area contributed by atoms with Crippen LogP contribution in [0.1, 0.15) is 43.2 Å². The maximum atomic E-state index is 5.20. The second kappa shape index (κ2) is 10.9. The van der Waals surface area contributed by atoms with Crippen LogP contribution >= 0.6 is 24.0 Å². The smallest absolute Gasteiger partial charge is 0.191 e. The summed E-state index contributed by atoms with van der Waals surface area (Å²) in [5.74, 6) is 1.81. The standard InChI is InChI=1S/C17H31N5O.HI/c1-5-10-22-11-7-15(8-12-22)20-17(18-4)19-9-6-16-13(2)21-23-14(16)3;/h15H,5-12H2,1-4H3,(H2,18,19,20);1H. The largest absolute Gasteiger partial charge is 0.361 e. The van der Waals surface area contributed by atoms with Gasteiger partial charge in [-0.3, -0.25) is 4.99 Å². The molecule has 0 radical (unpaired) electrons. The van der Waals surface area contributed by atoms with Crippen LogP contribution in [0, 0.1) is 13.8 Å². The number of aryl methyl sites for hydroxylation is 2. The van der Waals surface area contributed by atoms with Crippen molar-refractivity contribution in [1.82, 2.24) is 20.7 Å². The molecule has 7 heteroatoms. The van der Waals surface area contributed by atoms with E-state index in [1.165, 1.54) is 44.5 Å². The van der Waals surface area contributed by atoms with Gasteiger partial charge in [-0.2, -0.15) is 0 Å². The third kappa shape index (κ3) is 6.23. The zero-order valence-corrected chi connectivity index (χ0v) is 17.7. The first kappa shape index (κ1) is 21.2. The Balaban J connectivity index is 0.00000288. The number of guanidine groups is 1. The molecule has 2 rings (SSSR count). The van der Waals surface area contributed by atoms with Crippen LogP contribution in [-0.4, -0.2) is 55.3 Å². The molecule has 0 bridgehead atoms. The van der Waals surface area contributed by atoms with Crippen LogP contribution in [0.2, 0.25) is 0 Å². The molecule has 0 aromatic carbocycles. The molecule has 1 aromatic rings. The molecule has 6 nitrogen and oxygen atoms in total. The first-order chi connectivity index (χ1) is 11.1. The van der Waals surface area contributed by atoms with Crippen LogP contribution in [-0.2, 0) is 6.42 Å². The Labute approximate surface area is 162 Å². The summed E-state index contributed by atoms with van der Waals surface area (Å²) in [6.45, 7) is 10.6. The second-order valence-electron chi connectivity index (χ2n) is 6.31. The van der Waals surface area contributed by atoms with Gasteiger partial charge in [-0.15, -0.1) is 24.0 Å². The van der Waals surface area contributed by atoms with Crippen molar-refractivity contribution >= 4 is 29.9 Å². The van der Waals surface area contributed by atoms with E-state index in [4.69, 9.17) is 4.52 Å². The van der Waals surface area contributed by atoms with Crippen molar-refractivity contribution in [3.63, 3.8) is 0 Å². The van der Waals surface area contributed by atoms with E-state index in [1.54, 1.807) is 0 Å². The highest BCUT2D eigenvalue weighted by Crippen LogP contribution is 2.12. The monoisotopic (exact) mass is 449 g/mol. The molecule has 0 aliphatic carbocycles. The lowest BCUT2D eigenvalue weighted by Gasteiger charge is -2.32. The number of piperidine rings is 1. The van der Waals surface area contributed by atoms with Crippen molar-refractivity contribution in [2.45, 2.75) is 52.5 Å². The highest BCUT2D eigenvalue weighted by atomic mass is 127. The summed E-state index contributed by atoms with van der Waals surface area (Å²) in [4.78, 5) is 6.89. The van der Waals surface area contributed by atoms with Gasteiger partial charge in [0.2, 0.25) is 0 Å². The fraction of sp³-hybridized carbons (Fsp3) is 0.765. The van der Waals surface area contributed by atoms with Gasteiger partial charge in [0.25, 0.3) is 0 Å². The van der Waals surface area contributed by atoms with E-state index in [0.717, 1.165) is 30.4 Å². The summed E-state index contributed by atoms with van der Waals surface area (Å²) >= 11 is 0. The number of nitrogens with one attached hydrogen (secondary N) is 2. The maximum absolute atomic E-state index is 5.20. The Morgan fingerprint density at radius 2 is 2.04 bits per heavy atom.